The van der Waals surface area contributed by atoms with Crippen LogP contribution in [0.1, 0.15) is 17.0 Å². The third-order valence-electron chi connectivity index (χ3n) is 6.03. The third-order valence-corrected chi connectivity index (χ3v) is 6.03. The number of hydrogen-bond acceptors (Lipinski definition) is 7. The number of anilines is 1. The van der Waals surface area contributed by atoms with Crippen molar-refractivity contribution in [2.24, 2.45) is 0 Å². The number of carbonyl (C=O) groups is 1. The lowest BCUT2D eigenvalue weighted by Gasteiger charge is -2.19. The van der Waals surface area contributed by atoms with E-state index >= 15 is 0 Å². The second-order valence-electron chi connectivity index (χ2n) is 7.98. The van der Waals surface area contributed by atoms with Crippen LogP contribution in [0.2, 0.25) is 0 Å². The zero-order valence-corrected chi connectivity index (χ0v) is 18.1. The van der Waals surface area contributed by atoms with Gasteiger partial charge in [-0.05, 0) is 54.1 Å². The highest BCUT2D eigenvalue weighted by molar-refractivity contribution is 5.97. The SMILES string of the molecule is COc1ccc(NC(=O)[C@H]2Oc3c(c(=O)oc4ccccc34)[C@@H]2c2ccc3c(c2)OCO3)cc1. The highest BCUT2D eigenvalue weighted by atomic mass is 16.7. The Bertz CT molecular complexity index is 1480. The number of ether oxygens (including phenoxy) is 4. The van der Waals surface area contributed by atoms with E-state index in [9.17, 15) is 9.59 Å². The molecule has 0 saturated heterocycles. The number of methoxy groups -OCH3 is 1. The van der Waals surface area contributed by atoms with Gasteiger partial charge in [0.15, 0.2) is 17.6 Å². The molecule has 2 atom stereocenters. The second kappa shape index (κ2) is 7.84. The molecule has 0 spiro atoms. The van der Waals surface area contributed by atoms with Crippen LogP contribution in [0.15, 0.2) is 75.9 Å². The number of para-hydroxylation sites is 1. The first-order chi connectivity index (χ1) is 16.6. The third kappa shape index (κ3) is 3.23. The van der Waals surface area contributed by atoms with Crippen LogP contribution in [0.4, 0.5) is 5.69 Å². The van der Waals surface area contributed by atoms with Gasteiger partial charge in [-0.2, -0.15) is 0 Å². The topological polar surface area (TPSA) is 96.2 Å². The minimum Gasteiger partial charge on any atom is -0.497 e. The number of nitrogens with one attached hydrogen (secondary N) is 1. The fraction of sp³-hybridized carbons (Fsp3) is 0.154. The van der Waals surface area contributed by atoms with Gasteiger partial charge < -0.3 is 28.7 Å². The highest BCUT2D eigenvalue weighted by Gasteiger charge is 2.44. The Hall–Kier alpha value is -4.46. The fourth-order valence-corrected chi connectivity index (χ4v) is 4.42. The Balaban J connectivity index is 1.45. The molecule has 1 amide bonds. The maximum atomic E-state index is 13.4. The molecule has 0 radical (unpaired) electrons. The predicted octanol–water partition coefficient (Wildman–Crippen LogP) is 4.06. The summed E-state index contributed by atoms with van der Waals surface area (Å²) in [5.74, 6) is 1.07. The van der Waals surface area contributed by atoms with Crippen molar-refractivity contribution >= 4 is 22.6 Å². The largest absolute Gasteiger partial charge is 0.497 e. The monoisotopic (exact) mass is 457 g/mol. The number of carbonyl (C=O) groups excluding carboxylic acids is 1. The fourth-order valence-electron chi connectivity index (χ4n) is 4.42. The lowest BCUT2D eigenvalue weighted by molar-refractivity contribution is -0.122. The molecule has 2 aliphatic heterocycles. The lowest BCUT2D eigenvalue weighted by Crippen LogP contribution is -2.35. The second-order valence-corrected chi connectivity index (χ2v) is 7.98. The van der Waals surface area contributed by atoms with E-state index in [1.54, 1.807) is 67.8 Å². The summed E-state index contributed by atoms with van der Waals surface area (Å²) in [4.78, 5) is 26.5. The van der Waals surface area contributed by atoms with Gasteiger partial charge in [0.25, 0.3) is 5.91 Å². The lowest BCUT2D eigenvalue weighted by atomic mass is 9.88. The van der Waals surface area contributed by atoms with E-state index in [1.807, 2.05) is 6.07 Å². The molecular formula is C26H19NO7. The van der Waals surface area contributed by atoms with Crippen molar-refractivity contribution < 1.29 is 28.2 Å². The standard InChI is InChI=1S/C26H19NO7/c1-30-16-9-7-15(8-10-16)27-25(28)24-21(14-6-11-19-20(12-14)32-13-31-19)22-23(34-24)17-4-2-3-5-18(17)33-26(22)29/h2-12,21,24H,13H2,1H3,(H,27,28)/t21-,24-/m0/s1. The van der Waals surface area contributed by atoms with Gasteiger partial charge in [-0.1, -0.05) is 18.2 Å². The van der Waals surface area contributed by atoms with E-state index < -0.39 is 23.6 Å². The summed E-state index contributed by atoms with van der Waals surface area (Å²) in [6.45, 7) is 0.116. The van der Waals surface area contributed by atoms with Crippen molar-refractivity contribution in [3.63, 3.8) is 0 Å². The molecule has 170 valence electrons. The number of rotatable bonds is 4. The van der Waals surface area contributed by atoms with Crippen molar-refractivity contribution in [2.75, 3.05) is 19.2 Å². The molecule has 3 heterocycles. The molecule has 4 aromatic rings. The molecule has 8 heteroatoms. The Morgan fingerprint density at radius 1 is 1.00 bits per heavy atom. The zero-order chi connectivity index (χ0) is 23.2. The van der Waals surface area contributed by atoms with Gasteiger partial charge in [0, 0.05) is 5.69 Å². The van der Waals surface area contributed by atoms with Crippen LogP contribution < -0.4 is 29.9 Å². The summed E-state index contributed by atoms with van der Waals surface area (Å²) in [6, 6.07) is 19.4. The highest BCUT2D eigenvalue weighted by Crippen LogP contribution is 2.46. The molecule has 0 bridgehead atoms. The quantitative estimate of drug-likeness (QED) is 0.462. The average Bonchev–Trinajstić information content (AvgIpc) is 3.49. The van der Waals surface area contributed by atoms with E-state index in [-0.39, 0.29) is 6.79 Å². The molecule has 1 N–H and O–H groups in total. The summed E-state index contributed by atoms with van der Waals surface area (Å²) >= 11 is 0. The molecule has 1 aromatic heterocycles. The van der Waals surface area contributed by atoms with E-state index in [1.165, 1.54) is 0 Å². The maximum Gasteiger partial charge on any atom is 0.344 e. The Morgan fingerprint density at radius 2 is 1.79 bits per heavy atom. The number of hydrogen-bond donors (Lipinski definition) is 1. The van der Waals surface area contributed by atoms with Crippen molar-refractivity contribution in [3.05, 3.63) is 88.3 Å². The van der Waals surface area contributed by atoms with E-state index in [0.717, 1.165) is 0 Å². The minimum atomic E-state index is -1.01. The first-order valence-electron chi connectivity index (χ1n) is 10.7. The van der Waals surface area contributed by atoms with Crippen LogP contribution in [0.5, 0.6) is 23.0 Å². The van der Waals surface area contributed by atoms with Crippen molar-refractivity contribution in [1.29, 1.82) is 0 Å². The number of fused-ring (bicyclic) bond motifs is 4. The van der Waals surface area contributed by atoms with Crippen LogP contribution in [0.3, 0.4) is 0 Å². The first kappa shape index (κ1) is 20.2. The molecular weight excluding hydrogens is 438 g/mol. The summed E-state index contributed by atoms with van der Waals surface area (Å²) in [5, 5.41) is 3.51. The van der Waals surface area contributed by atoms with E-state index in [0.29, 0.717) is 50.8 Å². The molecule has 2 aliphatic rings. The van der Waals surface area contributed by atoms with Gasteiger partial charge in [-0.25, -0.2) is 4.79 Å². The molecule has 0 aliphatic carbocycles. The predicted molar refractivity (Wildman–Crippen MR) is 123 cm³/mol. The van der Waals surface area contributed by atoms with Crippen LogP contribution in [-0.4, -0.2) is 25.9 Å². The minimum absolute atomic E-state index is 0.116. The Morgan fingerprint density at radius 3 is 2.62 bits per heavy atom. The van der Waals surface area contributed by atoms with Crippen molar-refractivity contribution in [1.82, 2.24) is 0 Å². The summed E-state index contributed by atoms with van der Waals surface area (Å²) in [6.07, 6.45) is -1.01. The molecule has 0 saturated carbocycles. The van der Waals surface area contributed by atoms with E-state index in [2.05, 4.69) is 5.32 Å². The van der Waals surface area contributed by atoms with Gasteiger partial charge in [0.2, 0.25) is 6.79 Å². The van der Waals surface area contributed by atoms with Crippen LogP contribution >= 0.6 is 0 Å². The maximum absolute atomic E-state index is 13.4. The summed E-state index contributed by atoms with van der Waals surface area (Å²) in [7, 11) is 1.57. The Kier molecular flexibility index (Phi) is 4.65. The molecule has 34 heavy (non-hydrogen) atoms. The molecule has 6 rings (SSSR count). The van der Waals surface area contributed by atoms with Gasteiger partial charge in [0.05, 0.1) is 24.0 Å². The van der Waals surface area contributed by atoms with Crippen LogP contribution in [0, 0.1) is 0 Å². The average molecular weight is 457 g/mol. The molecule has 8 nitrogen and oxygen atoms in total. The summed E-state index contributed by atoms with van der Waals surface area (Å²) in [5.41, 5.74) is 1.41. The first-order valence-corrected chi connectivity index (χ1v) is 10.7. The molecule has 3 aromatic carbocycles. The van der Waals surface area contributed by atoms with Gasteiger partial charge in [-0.3, -0.25) is 4.79 Å². The van der Waals surface area contributed by atoms with Crippen LogP contribution in [0.25, 0.3) is 11.0 Å². The van der Waals surface area contributed by atoms with Gasteiger partial charge in [-0.15, -0.1) is 0 Å². The Labute approximate surface area is 193 Å². The van der Waals surface area contributed by atoms with Gasteiger partial charge in [0.1, 0.15) is 17.1 Å². The van der Waals surface area contributed by atoms with Crippen molar-refractivity contribution in [2.45, 2.75) is 12.0 Å². The zero-order valence-electron chi connectivity index (χ0n) is 18.1. The van der Waals surface area contributed by atoms with Gasteiger partial charge >= 0.3 is 5.63 Å². The number of amides is 1. The normalized spacial score (nSPS) is 17.8. The summed E-state index contributed by atoms with van der Waals surface area (Å²) < 4.78 is 27.9. The van der Waals surface area contributed by atoms with Crippen molar-refractivity contribution in [3.8, 4) is 23.0 Å². The van der Waals surface area contributed by atoms with E-state index in [4.69, 9.17) is 23.4 Å². The number of benzene rings is 3. The smallest absolute Gasteiger partial charge is 0.344 e. The van der Waals surface area contributed by atoms with Crippen LogP contribution in [-0.2, 0) is 4.79 Å². The molecule has 0 fully saturated rings. The molecule has 0 unspecified atom stereocenters.